The second-order valence-electron chi connectivity index (χ2n) is 7.01. The fourth-order valence-corrected chi connectivity index (χ4v) is 5.09. The number of sulfonamides is 2. The lowest BCUT2D eigenvalue weighted by molar-refractivity contribution is 0.599. The summed E-state index contributed by atoms with van der Waals surface area (Å²) in [4.78, 5) is 0.104. The van der Waals surface area contributed by atoms with E-state index in [1.807, 2.05) is 25.1 Å². The molecule has 0 atom stereocenters. The Morgan fingerprint density at radius 3 is 1.88 bits per heavy atom. The monoisotopic (exact) mass is 468 g/mol. The summed E-state index contributed by atoms with van der Waals surface area (Å²) in [7, 11) is -7.70. The lowest BCUT2D eigenvalue weighted by Crippen LogP contribution is -2.16. The first-order valence-electron chi connectivity index (χ1n) is 9.56. The summed E-state index contributed by atoms with van der Waals surface area (Å²) in [5, 5.41) is 4.17. The fourth-order valence-electron chi connectivity index (χ4n) is 2.99. The van der Waals surface area contributed by atoms with Crippen molar-refractivity contribution in [3.63, 3.8) is 0 Å². The SMILES string of the molecule is Cc1ccc(S(=O)(=O)Nc2ccc(S(=O)(=O)Nc3ccnn3-c3ccccc3)cc2)cc1. The van der Waals surface area contributed by atoms with Gasteiger partial charge in [-0.05, 0) is 55.5 Å². The molecule has 2 N–H and O–H groups in total. The molecule has 0 fully saturated rings. The van der Waals surface area contributed by atoms with Gasteiger partial charge in [-0.1, -0.05) is 35.9 Å². The molecule has 0 aliphatic rings. The predicted octanol–water partition coefficient (Wildman–Crippen LogP) is 3.78. The van der Waals surface area contributed by atoms with E-state index in [-0.39, 0.29) is 21.3 Å². The molecule has 8 nitrogen and oxygen atoms in total. The Bertz CT molecular complexity index is 1430. The molecule has 1 aromatic heterocycles. The zero-order valence-corrected chi connectivity index (χ0v) is 18.6. The number of aryl methyl sites for hydroxylation is 1. The maximum atomic E-state index is 12.8. The van der Waals surface area contributed by atoms with Gasteiger partial charge in [0.1, 0.15) is 5.82 Å². The fraction of sp³-hybridized carbons (Fsp3) is 0.0455. The van der Waals surface area contributed by atoms with Crippen molar-refractivity contribution in [3.05, 3.63) is 96.7 Å². The molecule has 32 heavy (non-hydrogen) atoms. The molecule has 10 heteroatoms. The molecular formula is C22H20N4O4S2. The molecule has 0 spiro atoms. The van der Waals surface area contributed by atoms with Crippen molar-refractivity contribution in [2.75, 3.05) is 9.44 Å². The van der Waals surface area contributed by atoms with Crippen molar-refractivity contribution in [2.45, 2.75) is 16.7 Å². The largest absolute Gasteiger partial charge is 0.280 e. The van der Waals surface area contributed by atoms with Crippen molar-refractivity contribution in [1.82, 2.24) is 9.78 Å². The van der Waals surface area contributed by atoms with Crippen molar-refractivity contribution < 1.29 is 16.8 Å². The third kappa shape index (κ3) is 4.66. The Kier molecular flexibility index (Phi) is 5.72. The lowest BCUT2D eigenvalue weighted by Gasteiger charge is -2.12. The van der Waals surface area contributed by atoms with Crippen LogP contribution in [-0.2, 0) is 20.0 Å². The van der Waals surface area contributed by atoms with Gasteiger partial charge < -0.3 is 0 Å². The van der Waals surface area contributed by atoms with Gasteiger partial charge in [-0.15, -0.1) is 0 Å². The molecule has 0 saturated carbocycles. The van der Waals surface area contributed by atoms with Crippen LogP contribution in [0.25, 0.3) is 5.69 Å². The highest BCUT2D eigenvalue weighted by Crippen LogP contribution is 2.22. The minimum absolute atomic E-state index is 0.0170. The van der Waals surface area contributed by atoms with E-state index in [4.69, 9.17) is 0 Å². The van der Waals surface area contributed by atoms with Gasteiger partial charge in [0.2, 0.25) is 0 Å². The maximum Gasteiger partial charge on any atom is 0.263 e. The summed E-state index contributed by atoms with van der Waals surface area (Å²) >= 11 is 0. The number of hydrogen-bond donors (Lipinski definition) is 2. The van der Waals surface area contributed by atoms with Crippen molar-refractivity contribution in [2.24, 2.45) is 0 Å². The molecule has 3 aromatic carbocycles. The lowest BCUT2D eigenvalue weighted by atomic mass is 10.2. The van der Waals surface area contributed by atoms with E-state index in [1.165, 1.54) is 47.3 Å². The van der Waals surface area contributed by atoms with E-state index in [0.717, 1.165) is 5.56 Å². The molecule has 164 valence electrons. The molecule has 4 rings (SSSR count). The van der Waals surface area contributed by atoms with Gasteiger partial charge in [0.25, 0.3) is 20.0 Å². The van der Waals surface area contributed by atoms with Crippen LogP contribution in [0.4, 0.5) is 11.5 Å². The number of para-hydroxylation sites is 1. The Hall–Kier alpha value is -3.63. The second-order valence-corrected chi connectivity index (χ2v) is 10.4. The van der Waals surface area contributed by atoms with E-state index in [9.17, 15) is 16.8 Å². The van der Waals surface area contributed by atoms with E-state index in [1.54, 1.807) is 30.3 Å². The van der Waals surface area contributed by atoms with E-state index in [2.05, 4.69) is 14.5 Å². The van der Waals surface area contributed by atoms with Crippen LogP contribution in [0.15, 0.2) is 101 Å². The average Bonchev–Trinajstić information content (AvgIpc) is 3.22. The smallest absolute Gasteiger partial charge is 0.263 e. The zero-order valence-electron chi connectivity index (χ0n) is 17.0. The first kappa shape index (κ1) is 21.6. The average molecular weight is 469 g/mol. The topological polar surface area (TPSA) is 110 Å². The Labute approximate surface area is 186 Å². The van der Waals surface area contributed by atoms with Crippen LogP contribution in [0, 0.1) is 6.92 Å². The number of benzene rings is 3. The van der Waals surface area contributed by atoms with Gasteiger partial charge in [0.15, 0.2) is 0 Å². The normalized spacial score (nSPS) is 11.8. The summed E-state index contributed by atoms with van der Waals surface area (Å²) in [6.45, 7) is 1.86. The molecule has 0 bridgehead atoms. The van der Waals surface area contributed by atoms with Crippen LogP contribution in [0.3, 0.4) is 0 Å². The van der Waals surface area contributed by atoms with Gasteiger partial charge in [-0.2, -0.15) is 5.10 Å². The molecule has 0 amide bonds. The molecule has 0 saturated heterocycles. The quantitative estimate of drug-likeness (QED) is 0.429. The molecule has 0 aliphatic carbocycles. The number of aromatic nitrogens is 2. The van der Waals surface area contributed by atoms with Gasteiger partial charge in [0.05, 0.1) is 21.7 Å². The summed E-state index contributed by atoms with van der Waals surface area (Å²) in [6, 6.07) is 22.6. The van der Waals surface area contributed by atoms with Crippen LogP contribution < -0.4 is 9.44 Å². The summed E-state index contributed by atoms with van der Waals surface area (Å²) in [5.41, 5.74) is 1.90. The van der Waals surface area contributed by atoms with E-state index < -0.39 is 20.0 Å². The highest BCUT2D eigenvalue weighted by atomic mass is 32.2. The molecule has 1 heterocycles. The van der Waals surface area contributed by atoms with Crippen LogP contribution in [0.5, 0.6) is 0 Å². The number of anilines is 2. The molecular weight excluding hydrogens is 448 g/mol. The third-order valence-corrected chi connectivity index (χ3v) is 7.40. The Morgan fingerprint density at radius 1 is 0.688 bits per heavy atom. The zero-order chi connectivity index (χ0) is 22.8. The molecule has 4 aromatic rings. The number of nitrogens with one attached hydrogen (secondary N) is 2. The van der Waals surface area contributed by atoms with Gasteiger partial charge in [0, 0.05) is 11.8 Å². The van der Waals surface area contributed by atoms with Gasteiger partial charge in [-0.3, -0.25) is 9.44 Å². The summed E-state index contributed by atoms with van der Waals surface area (Å²) < 4.78 is 57.2. The van der Waals surface area contributed by atoms with Gasteiger partial charge >= 0.3 is 0 Å². The first-order valence-corrected chi connectivity index (χ1v) is 12.5. The molecule has 0 aliphatic heterocycles. The summed E-state index contributed by atoms with van der Waals surface area (Å²) in [5.74, 6) is 0.278. The predicted molar refractivity (Wildman–Crippen MR) is 123 cm³/mol. The highest BCUT2D eigenvalue weighted by molar-refractivity contribution is 7.93. The number of nitrogens with zero attached hydrogens (tertiary/aromatic N) is 2. The standard InChI is InChI=1S/C22H20N4O4S2/c1-17-7-11-20(12-8-17)31(27,28)24-18-9-13-21(14-10-18)32(29,30)25-22-15-16-23-26(22)19-5-3-2-4-6-19/h2-16,24-25H,1H3. The van der Waals surface area contributed by atoms with Crippen LogP contribution in [0.1, 0.15) is 5.56 Å². The minimum Gasteiger partial charge on any atom is -0.280 e. The third-order valence-electron chi connectivity index (χ3n) is 4.63. The van der Waals surface area contributed by atoms with Crippen LogP contribution in [0.2, 0.25) is 0 Å². The van der Waals surface area contributed by atoms with Crippen molar-refractivity contribution >= 4 is 31.6 Å². The second kappa shape index (κ2) is 8.48. The van der Waals surface area contributed by atoms with Crippen LogP contribution in [-0.4, -0.2) is 26.6 Å². The van der Waals surface area contributed by atoms with Crippen molar-refractivity contribution in [3.8, 4) is 5.69 Å². The minimum atomic E-state index is -3.92. The Morgan fingerprint density at radius 2 is 1.25 bits per heavy atom. The molecule has 0 radical (unpaired) electrons. The first-order chi connectivity index (χ1) is 15.2. The van der Waals surface area contributed by atoms with Gasteiger partial charge in [-0.25, -0.2) is 21.5 Å². The van der Waals surface area contributed by atoms with Crippen molar-refractivity contribution in [1.29, 1.82) is 0 Å². The highest BCUT2D eigenvalue weighted by Gasteiger charge is 2.18. The molecule has 0 unspecified atom stereocenters. The number of rotatable bonds is 7. The van der Waals surface area contributed by atoms with Crippen LogP contribution >= 0.6 is 0 Å². The maximum absolute atomic E-state index is 12.8. The summed E-state index contributed by atoms with van der Waals surface area (Å²) in [6.07, 6.45) is 1.49. The van der Waals surface area contributed by atoms with E-state index >= 15 is 0 Å². The Balaban J connectivity index is 1.53. The number of hydrogen-bond acceptors (Lipinski definition) is 5. The van der Waals surface area contributed by atoms with E-state index in [0.29, 0.717) is 5.69 Å².